The molecular weight excluding hydrogens is 368 g/mol. The van der Waals surface area contributed by atoms with Crippen molar-refractivity contribution in [2.45, 2.75) is 44.7 Å². The van der Waals surface area contributed by atoms with Crippen LogP contribution in [0.25, 0.3) is 10.1 Å². The van der Waals surface area contributed by atoms with E-state index in [9.17, 15) is 4.79 Å². The lowest BCUT2D eigenvalue weighted by Gasteiger charge is -2.21. The fourth-order valence-corrected chi connectivity index (χ4v) is 5.09. The number of amides is 1. The molecule has 0 saturated heterocycles. The van der Waals surface area contributed by atoms with E-state index in [0.717, 1.165) is 32.8 Å². The van der Waals surface area contributed by atoms with Crippen LogP contribution >= 0.6 is 22.9 Å². The quantitative estimate of drug-likeness (QED) is 0.637. The van der Waals surface area contributed by atoms with Crippen LogP contribution < -0.4 is 0 Å². The van der Waals surface area contributed by atoms with Crippen molar-refractivity contribution in [2.24, 2.45) is 0 Å². The lowest BCUT2D eigenvalue weighted by atomic mass is 9.96. The molecule has 4 rings (SSSR count). The highest BCUT2D eigenvalue weighted by molar-refractivity contribution is 7.19. The summed E-state index contributed by atoms with van der Waals surface area (Å²) in [4.78, 5) is 15.4. The topological polar surface area (TPSA) is 51.0 Å². The Bertz CT molecular complexity index is 929. The molecule has 1 fully saturated rings. The van der Waals surface area contributed by atoms with Gasteiger partial charge in [0.25, 0.3) is 5.91 Å². The average molecular weight is 389 g/mol. The minimum Gasteiger partial charge on any atom is -0.335 e. The van der Waals surface area contributed by atoms with Gasteiger partial charge in [-0.3, -0.25) is 4.79 Å². The summed E-state index contributed by atoms with van der Waals surface area (Å²) < 4.78 is 3.00. The lowest BCUT2D eigenvalue weighted by Crippen LogP contribution is -2.26. The molecule has 1 amide bonds. The first-order valence-corrected chi connectivity index (χ1v) is 10.2. The zero-order chi connectivity index (χ0) is 18.1. The second-order valence-corrected chi connectivity index (χ2v) is 8.39. The molecule has 0 bridgehead atoms. The normalized spacial score (nSPS) is 15.5. The minimum absolute atomic E-state index is 0.124. The van der Waals surface area contributed by atoms with E-state index in [1.165, 1.54) is 19.3 Å². The summed E-state index contributed by atoms with van der Waals surface area (Å²) in [5, 5.41) is 10.1. The van der Waals surface area contributed by atoms with Crippen molar-refractivity contribution in [3.8, 4) is 0 Å². The first-order valence-electron chi connectivity index (χ1n) is 8.96. The van der Waals surface area contributed by atoms with Crippen LogP contribution in [0.4, 0.5) is 0 Å². The number of fused-ring (bicyclic) bond motifs is 1. The molecule has 0 atom stereocenters. The van der Waals surface area contributed by atoms with Crippen LogP contribution in [0.2, 0.25) is 5.02 Å². The van der Waals surface area contributed by atoms with Crippen molar-refractivity contribution < 1.29 is 4.79 Å². The van der Waals surface area contributed by atoms with Gasteiger partial charge < -0.3 is 4.90 Å². The summed E-state index contributed by atoms with van der Waals surface area (Å²) in [6, 6.07) is 8.41. The van der Waals surface area contributed by atoms with Gasteiger partial charge in [0.05, 0.1) is 23.8 Å². The zero-order valence-electron chi connectivity index (χ0n) is 14.7. The number of thiophene rings is 1. The van der Waals surface area contributed by atoms with Crippen molar-refractivity contribution in [1.82, 2.24) is 19.9 Å². The second kappa shape index (κ2) is 7.37. The number of rotatable bonds is 4. The Hall–Kier alpha value is -1.92. The number of hydrogen-bond donors (Lipinski definition) is 0. The third kappa shape index (κ3) is 3.35. The summed E-state index contributed by atoms with van der Waals surface area (Å²) >= 11 is 8.12. The number of hydrogen-bond acceptors (Lipinski definition) is 4. The Morgan fingerprint density at radius 1 is 1.31 bits per heavy atom. The molecule has 7 heteroatoms. The molecule has 1 aromatic carbocycles. The third-order valence-electron chi connectivity index (χ3n) is 5.01. The first kappa shape index (κ1) is 17.5. The Labute approximate surface area is 161 Å². The van der Waals surface area contributed by atoms with Gasteiger partial charge in [-0.1, -0.05) is 54.3 Å². The van der Waals surface area contributed by atoms with Gasteiger partial charge in [0, 0.05) is 22.0 Å². The Kier molecular flexibility index (Phi) is 4.96. The highest BCUT2D eigenvalue weighted by Gasteiger charge is 2.22. The number of benzene rings is 1. The second-order valence-electron chi connectivity index (χ2n) is 6.87. The van der Waals surface area contributed by atoms with Crippen LogP contribution in [0.3, 0.4) is 0 Å². The Balaban J connectivity index is 1.49. The lowest BCUT2D eigenvalue weighted by molar-refractivity contribution is 0.0780. The molecule has 5 nitrogen and oxygen atoms in total. The van der Waals surface area contributed by atoms with E-state index in [1.54, 1.807) is 29.5 Å². The molecule has 0 spiro atoms. The molecular formula is C19H21ClN4OS. The van der Waals surface area contributed by atoms with Crippen molar-refractivity contribution >= 4 is 38.9 Å². The summed E-state index contributed by atoms with van der Waals surface area (Å²) in [6.07, 6.45) is 7.75. The highest BCUT2D eigenvalue weighted by atomic mass is 35.5. The third-order valence-corrected chi connectivity index (χ3v) is 6.71. The number of halogens is 1. The SMILES string of the molecule is CN(Cc1sc2ccccc2c1Cl)C(=O)c1cn(C2CCCCC2)nn1. The van der Waals surface area contributed by atoms with Crippen molar-refractivity contribution in [3.05, 3.63) is 46.1 Å². The monoisotopic (exact) mass is 388 g/mol. The van der Waals surface area contributed by atoms with Crippen LogP contribution in [-0.2, 0) is 6.54 Å². The van der Waals surface area contributed by atoms with Crippen LogP contribution in [0, 0.1) is 0 Å². The van der Waals surface area contributed by atoms with E-state index in [2.05, 4.69) is 10.3 Å². The maximum atomic E-state index is 12.7. The molecule has 3 aromatic rings. The van der Waals surface area contributed by atoms with Gasteiger partial charge in [-0.25, -0.2) is 4.68 Å². The van der Waals surface area contributed by atoms with Gasteiger partial charge in [-0.2, -0.15) is 0 Å². The fourth-order valence-electron chi connectivity index (χ4n) is 3.55. The predicted molar refractivity (Wildman–Crippen MR) is 105 cm³/mol. The Morgan fingerprint density at radius 3 is 2.85 bits per heavy atom. The van der Waals surface area contributed by atoms with Gasteiger partial charge in [-0.05, 0) is 18.9 Å². The summed E-state index contributed by atoms with van der Waals surface area (Å²) in [6.45, 7) is 0.466. The van der Waals surface area contributed by atoms with Gasteiger partial charge in [0.2, 0.25) is 0 Å². The van der Waals surface area contributed by atoms with E-state index in [-0.39, 0.29) is 5.91 Å². The van der Waals surface area contributed by atoms with Crippen LogP contribution in [0.15, 0.2) is 30.5 Å². The van der Waals surface area contributed by atoms with Gasteiger partial charge >= 0.3 is 0 Å². The summed E-state index contributed by atoms with van der Waals surface area (Å²) in [5.41, 5.74) is 0.398. The van der Waals surface area contributed by atoms with Crippen LogP contribution in [-0.4, -0.2) is 32.8 Å². The maximum absolute atomic E-state index is 12.7. The standard InChI is InChI=1S/C19H21ClN4OS/c1-23(12-17-18(20)14-9-5-6-10-16(14)26-17)19(25)15-11-24(22-21-15)13-7-3-2-4-8-13/h5-6,9-11,13H,2-4,7-8,12H2,1H3. The molecule has 1 aliphatic rings. The average Bonchev–Trinajstić information content (AvgIpc) is 3.28. The first-order chi connectivity index (χ1) is 12.6. The van der Waals surface area contributed by atoms with Gasteiger partial charge in [0.15, 0.2) is 5.69 Å². The molecule has 0 unspecified atom stereocenters. The van der Waals surface area contributed by atoms with E-state index in [0.29, 0.717) is 18.3 Å². The number of nitrogens with zero attached hydrogens (tertiary/aromatic N) is 4. The minimum atomic E-state index is -0.124. The molecule has 26 heavy (non-hydrogen) atoms. The van der Waals surface area contributed by atoms with E-state index in [4.69, 9.17) is 11.6 Å². The number of aromatic nitrogens is 3. The Morgan fingerprint density at radius 2 is 2.08 bits per heavy atom. The van der Waals surface area contributed by atoms with Crippen molar-refractivity contribution in [1.29, 1.82) is 0 Å². The van der Waals surface area contributed by atoms with E-state index in [1.807, 2.05) is 28.9 Å². The molecule has 0 N–H and O–H groups in total. The van der Waals surface area contributed by atoms with Crippen LogP contribution in [0.1, 0.15) is 53.5 Å². The smallest absolute Gasteiger partial charge is 0.276 e. The molecule has 2 aromatic heterocycles. The number of carbonyl (C=O) groups excluding carboxylic acids is 1. The van der Waals surface area contributed by atoms with Crippen LogP contribution in [0.5, 0.6) is 0 Å². The molecule has 0 aliphatic heterocycles. The van der Waals surface area contributed by atoms with Crippen molar-refractivity contribution in [3.63, 3.8) is 0 Å². The molecule has 0 radical (unpaired) electrons. The van der Waals surface area contributed by atoms with Gasteiger partial charge in [-0.15, -0.1) is 16.4 Å². The predicted octanol–water partition coefficient (Wildman–Crippen LogP) is 4.92. The molecule has 1 aliphatic carbocycles. The number of carbonyl (C=O) groups is 1. The molecule has 136 valence electrons. The maximum Gasteiger partial charge on any atom is 0.276 e. The molecule has 1 saturated carbocycles. The zero-order valence-corrected chi connectivity index (χ0v) is 16.3. The molecule has 2 heterocycles. The fraction of sp³-hybridized carbons (Fsp3) is 0.421. The summed E-state index contributed by atoms with van der Waals surface area (Å²) in [5.74, 6) is -0.124. The largest absolute Gasteiger partial charge is 0.335 e. The van der Waals surface area contributed by atoms with E-state index < -0.39 is 0 Å². The van der Waals surface area contributed by atoms with Gasteiger partial charge in [0.1, 0.15) is 0 Å². The van der Waals surface area contributed by atoms with E-state index >= 15 is 0 Å². The summed E-state index contributed by atoms with van der Waals surface area (Å²) in [7, 11) is 1.78. The van der Waals surface area contributed by atoms with Crippen molar-refractivity contribution in [2.75, 3.05) is 7.05 Å². The highest BCUT2D eigenvalue weighted by Crippen LogP contribution is 2.36.